The second-order valence-electron chi connectivity index (χ2n) is 2.73. The maximum absolute atomic E-state index is 9.98. The van der Waals surface area contributed by atoms with Crippen LogP contribution in [0, 0.1) is 12.8 Å². The summed E-state index contributed by atoms with van der Waals surface area (Å²) < 4.78 is 8.25. The van der Waals surface area contributed by atoms with E-state index in [1.807, 2.05) is 0 Å². The zero-order chi connectivity index (χ0) is 13.7. The van der Waals surface area contributed by atoms with Crippen LogP contribution in [0.25, 0.3) is 0 Å². The second-order valence-corrected chi connectivity index (χ2v) is 2.73. The van der Waals surface area contributed by atoms with Crippen molar-refractivity contribution < 1.29 is 42.9 Å². The van der Waals surface area contributed by atoms with Crippen LogP contribution in [0.15, 0.2) is 0 Å². The number of carbonyl (C=O) groups is 4. The zero-order valence-corrected chi connectivity index (χ0v) is 11.3. The van der Waals surface area contributed by atoms with Crippen LogP contribution in [-0.2, 0) is 42.9 Å². The number of ketones is 4. The van der Waals surface area contributed by atoms with E-state index >= 15 is 0 Å². The molecule has 0 atom stereocenters. The molecule has 0 unspecified atom stereocenters. The Hall–Kier alpha value is -1.07. The average Bonchev–Trinajstić information content (AvgIpc) is 2.03. The van der Waals surface area contributed by atoms with Gasteiger partial charge in [0.05, 0.1) is 0 Å². The first kappa shape index (κ1) is 20.4. The zero-order valence-electron chi connectivity index (χ0n) is 9.70. The Morgan fingerprint density at radius 3 is 0.750 bits per heavy atom. The molecule has 0 saturated heterocycles. The van der Waals surface area contributed by atoms with Gasteiger partial charge in [-0.15, -0.1) is 0 Å². The summed E-state index contributed by atoms with van der Waals surface area (Å²) in [6.45, 7) is 5.39. The molecule has 0 fully saturated rings. The molecule has 6 heteroatoms. The van der Waals surface area contributed by atoms with Crippen molar-refractivity contribution in [3.8, 4) is 0 Å². The molecule has 0 bridgehead atoms. The summed E-state index contributed by atoms with van der Waals surface area (Å²) in [6.07, 6.45) is 2.11. The van der Waals surface area contributed by atoms with E-state index in [1.54, 1.807) is 0 Å². The molecule has 0 radical (unpaired) electrons. The molecule has 0 aromatic heterocycles. The van der Waals surface area contributed by atoms with Crippen molar-refractivity contribution in [2.24, 2.45) is 0 Å². The van der Waals surface area contributed by atoms with Gasteiger partial charge < -0.3 is 19.2 Å². The molecule has 0 rings (SSSR count). The Morgan fingerprint density at radius 1 is 0.625 bits per heavy atom. The monoisotopic (exact) mass is 262 g/mol. The van der Waals surface area contributed by atoms with Crippen molar-refractivity contribution >= 4 is 23.1 Å². The Bertz CT molecular complexity index is 210. The SMILES string of the molecule is CC(=O)[CH-]C(C)=O.CC(=O)[CH-]C(C)=O.[O]=[Ti+2]. The molecule has 0 N–H and O–H groups in total. The molecule has 0 heterocycles. The van der Waals surface area contributed by atoms with Crippen LogP contribution in [-0.4, -0.2) is 23.1 Å². The second kappa shape index (κ2) is 13.9. The fourth-order valence-corrected chi connectivity index (χ4v) is 0.572. The van der Waals surface area contributed by atoms with E-state index in [-0.39, 0.29) is 23.1 Å². The normalized spacial score (nSPS) is 7.12. The molecule has 0 aromatic rings. The van der Waals surface area contributed by atoms with Crippen LogP contribution in [0.3, 0.4) is 0 Å². The number of carbonyl (C=O) groups excluding carboxylic acids is 4. The molecule has 0 spiro atoms. The summed E-state index contributed by atoms with van der Waals surface area (Å²) in [7, 11) is 0. The topological polar surface area (TPSA) is 85.3 Å². The van der Waals surface area contributed by atoms with Crippen LogP contribution in [0.4, 0.5) is 0 Å². The van der Waals surface area contributed by atoms with E-state index in [0.29, 0.717) is 0 Å². The van der Waals surface area contributed by atoms with Crippen LogP contribution in [0.1, 0.15) is 27.7 Å². The predicted octanol–water partition coefficient (Wildman–Crippen LogP) is 0.616. The first-order chi connectivity index (χ1) is 7.25. The van der Waals surface area contributed by atoms with Crippen LogP contribution in [0.2, 0.25) is 0 Å². The molecule has 0 aliphatic carbocycles. The quantitative estimate of drug-likeness (QED) is 0.421. The van der Waals surface area contributed by atoms with Crippen LogP contribution >= 0.6 is 0 Å². The van der Waals surface area contributed by atoms with Gasteiger partial charge in [0, 0.05) is 23.1 Å². The van der Waals surface area contributed by atoms with Crippen molar-refractivity contribution in [1.82, 2.24) is 0 Å². The van der Waals surface area contributed by atoms with Gasteiger partial charge in [0.2, 0.25) is 0 Å². The van der Waals surface area contributed by atoms with Gasteiger partial charge in [-0.1, -0.05) is 0 Å². The molecule has 0 amide bonds. The first-order valence-corrected chi connectivity index (χ1v) is 4.81. The van der Waals surface area contributed by atoms with E-state index < -0.39 is 0 Å². The summed E-state index contributed by atoms with van der Waals surface area (Å²) in [5.74, 6) is -0.750. The van der Waals surface area contributed by atoms with Crippen molar-refractivity contribution in [2.45, 2.75) is 27.7 Å². The Labute approximate surface area is 107 Å². The van der Waals surface area contributed by atoms with Gasteiger partial charge >= 0.3 is 23.7 Å². The van der Waals surface area contributed by atoms with Gasteiger partial charge in [-0.25, -0.2) is 0 Å². The molecule has 0 saturated carbocycles. The van der Waals surface area contributed by atoms with Crippen LogP contribution < -0.4 is 0 Å². The molecule has 0 aromatic carbocycles. The molecule has 88 valence electrons. The molecular formula is C10H14O5Ti. The number of Topliss-reactive ketones (excluding diaryl/α,β-unsaturated/α-hetero) is 4. The Morgan fingerprint density at radius 2 is 0.750 bits per heavy atom. The van der Waals surface area contributed by atoms with Gasteiger partial charge in [-0.05, 0) is 27.7 Å². The molecule has 0 aliphatic heterocycles. The molecule has 16 heavy (non-hydrogen) atoms. The third kappa shape index (κ3) is 38.3. The number of rotatable bonds is 4. The van der Waals surface area contributed by atoms with Crippen LogP contribution in [0.5, 0.6) is 0 Å². The Kier molecular flexibility index (Phi) is 17.7. The van der Waals surface area contributed by atoms with Crippen molar-refractivity contribution in [3.05, 3.63) is 12.8 Å². The van der Waals surface area contributed by atoms with E-state index in [9.17, 15) is 19.2 Å². The fourth-order valence-electron chi connectivity index (χ4n) is 0.572. The van der Waals surface area contributed by atoms with Gasteiger partial charge in [-0.2, -0.15) is 0 Å². The van der Waals surface area contributed by atoms with E-state index in [4.69, 9.17) is 3.32 Å². The van der Waals surface area contributed by atoms with E-state index in [2.05, 4.69) is 0 Å². The summed E-state index contributed by atoms with van der Waals surface area (Å²) in [6, 6.07) is 0. The predicted molar refractivity (Wildman–Crippen MR) is 52.0 cm³/mol. The van der Waals surface area contributed by atoms with Crippen molar-refractivity contribution in [1.29, 1.82) is 0 Å². The van der Waals surface area contributed by atoms with Gasteiger partial charge in [0.1, 0.15) is 0 Å². The van der Waals surface area contributed by atoms with E-state index in [1.165, 1.54) is 27.7 Å². The molecular weight excluding hydrogens is 248 g/mol. The summed E-state index contributed by atoms with van der Waals surface area (Å²) in [5, 5.41) is 0. The minimum atomic E-state index is -0.187. The molecule has 0 aliphatic rings. The minimum absolute atomic E-state index is 0.187. The average molecular weight is 262 g/mol. The third-order valence-corrected chi connectivity index (χ3v) is 0.813. The van der Waals surface area contributed by atoms with Gasteiger partial charge in [0.15, 0.2) is 0 Å². The number of hydrogen-bond acceptors (Lipinski definition) is 5. The van der Waals surface area contributed by atoms with Gasteiger partial charge in [-0.3, -0.25) is 12.8 Å². The fraction of sp³-hybridized carbons (Fsp3) is 0.400. The first-order valence-electron chi connectivity index (χ1n) is 4.18. The third-order valence-electron chi connectivity index (χ3n) is 0.813. The Balaban J connectivity index is -0.000000183. The summed E-state index contributed by atoms with van der Waals surface area (Å²) in [4.78, 5) is 39.9. The van der Waals surface area contributed by atoms with Crippen molar-refractivity contribution in [2.75, 3.05) is 0 Å². The number of hydrogen-bond donors (Lipinski definition) is 0. The molecule has 5 nitrogen and oxygen atoms in total. The van der Waals surface area contributed by atoms with E-state index in [0.717, 1.165) is 33.2 Å². The maximum atomic E-state index is 9.98. The summed E-state index contributed by atoms with van der Waals surface area (Å²) in [5.41, 5.74) is 0. The summed E-state index contributed by atoms with van der Waals surface area (Å²) >= 11 is 0.750. The van der Waals surface area contributed by atoms with Gasteiger partial charge in [0.25, 0.3) is 0 Å². The van der Waals surface area contributed by atoms with Crippen molar-refractivity contribution in [3.63, 3.8) is 0 Å². The standard InChI is InChI=1S/2C5H7O2.O.Ti/c2*1-4(6)3-5(2)7;;/h2*3H,1-2H3;;/q2*-1;;+2.